The third kappa shape index (κ3) is 4.47. The minimum atomic E-state index is -1.90. The lowest BCUT2D eigenvalue weighted by atomic mass is 10.2. The normalized spacial score (nSPS) is 11.1. The van der Waals surface area contributed by atoms with Gasteiger partial charge in [-0.2, -0.15) is 0 Å². The zero-order chi connectivity index (χ0) is 21.1. The van der Waals surface area contributed by atoms with E-state index < -0.39 is 7.26 Å². The van der Waals surface area contributed by atoms with E-state index in [1.54, 1.807) is 0 Å². The van der Waals surface area contributed by atoms with Crippen molar-refractivity contribution in [3.8, 4) is 0 Å². The number of hydrogen-bond acceptors (Lipinski definition) is 0. The molecule has 0 bridgehead atoms. The third-order valence-corrected chi connectivity index (χ3v) is 10.9. The maximum Gasteiger partial charge on any atom is 0.117 e. The van der Waals surface area contributed by atoms with Crippen molar-refractivity contribution in [3.63, 3.8) is 0 Å². The molecule has 0 aliphatic carbocycles. The fraction of sp³-hybridized carbons (Fsp3) is 0.172. The first-order valence-electron chi connectivity index (χ1n) is 10.6. The van der Waals surface area contributed by atoms with Crippen molar-refractivity contribution in [2.45, 2.75) is 33.9 Å². The van der Waals surface area contributed by atoms with Crippen LogP contribution in [0.1, 0.15) is 27.8 Å². The van der Waals surface area contributed by atoms with Gasteiger partial charge in [0.05, 0.1) is 6.16 Å². The Morgan fingerprint density at radius 3 is 1.19 bits per heavy atom. The third-order valence-electron chi connectivity index (χ3n) is 6.12. The largest absolute Gasteiger partial charge is 1.00 e. The van der Waals surface area contributed by atoms with Gasteiger partial charge in [0.15, 0.2) is 0 Å². The van der Waals surface area contributed by atoms with Crippen molar-refractivity contribution < 1.29 is 12.4 Å². The summed E-state index contributed by atoms with van der Waals surface area (Å²) in [5, 5.41) is 4.48. The van der Waals surface area contributed by atoms with Gasteiger partial charge < -0.3 is 12.4 Å². The summed E-state index contributed by atoms with van der Waals surface area (Å²) in [7, 11) is -1.90. The van der Waals surface area contributed by atoms with Crippen LogP contribution in [0.5, 0.6) is 0 Å². The van der Waals surface area contributed by atoms with Gasteiger partial charge in [0.1, 0.15) is 23.2 Å². The topological polar surface area (TPSA) is 0 Å². The van der Waals surface area contributed by atoms with Crippen LogP contribution in [0.4, 0.5) is 0 Å². The summed E-state index contributed by atoms with van der Waals surface area (Å²) >= 11 is 0. The molecule has 0 unspecified atom stereocenters. The van der Waals surface area contributed by atoms with Crippen LogP contribution in [0.25, 0.3) is 0 Å². The van der Waals surface area contributed by atoms with Crippen molar-refractivity contribution in [2.24, 2.45) is 0 Å². The Morgan fingerprint density at radius 1 is 0.484 bits per heavy atom. The van der Waals surface area contributed by atoms with Crippen LogP contribution in [-0.2, 0) is 6.16 Å². The van der Waals surface area contributed by atoms with E-state index in [1.165, 1.54) is 43.7 Å². The molecule has 0 heterocycles. The molecular formula is C29H30ClP. The molecule has 0 fully saturated rings. The van der Waals surface area contributed by atoms with E-state index in [0.29, 0.717) is 0 Å². The number of benzene rings is 4. The zero-order valence-electron chi connectivity index (χ0n) is 18.8. The quantitative estimate of drug-likeness (QED) is 0.414. The van der Waals surface area contributed by atoms with Crippen molar-refractivity contribution >= 4 is 23.2 Å². The molecule has 0 aromatic heterocycles. The predicted octanol–water partition coefficient (Wildman–Crippen LogP) is 3.42. The fourth-order valence-corrected chi connectivity index (χ4v) is 9.69. The van der Waals surface area contributed by atoms with Crippen LogP contribution in [0.3, 0.4) is 0 Å². The molecule has 158 valence electrons. The van der Waals surface area contributed by atoms with Gasteiger partial charge in [0.2, 0.25) is 0 Å². The van der Waals surface area contributed by atoms with Crippen molar-refractivity contribution in [2.75, 3.05) is 0 Å². The summed E-state index contributed by atoms with van der Waals surface area (Å²) < 4.78 is 0. The highest BCUT2D eigenvalue weighted by Crippen LogP contribution is 2.59. The van der Waals surface area contributed by atoms with Crippen LogP contribution in [0.2, 0.25) is 0 Å². The highest BCUT2D eigenvalue weighted by Gasteiger charge is 2.48. The molecule has 0 radical (unpaired) electrons. The van der Waals surface area contributed by atoms with E-state index in [0.717, 1.165) is 6.16 Å². The number of halogens is 1. The van der Waals surface area contributed by atoms with Gasteiger partial charge in [-0.3, -0.25) is 0 Å². The highest BCUT2D eigenvalue weighted by atomic mass is 35.5. The second kappa shape index (κ2) is 9.82. The first-order chi connectivity index (χ1) is 14.5. The molecule has 0 nitrogen and oxygen atoms in total. The molecule has 0 amide bonds. The molecule has 0 saturated carbocycles. The Hall–Kier alpha value is -2.40. The summed E-state index contributed by atoms with van der Waals surface area (Å²) in [5.41, 5.74) is 6.85. The van der Waals surface area contributed by atoms with E-state index in [-0.39, 0.29) is 12.4 Å². The average molecular weight is 445 g/mol. The Labute approximate surface area is 194 Å². The van der Waals surface area contributed by atoms with Crippen LogP contribution in [0, 0.1) is 27.7 Å². The molecule has 4 aromatic rings. The lowest BCUT2D eigenvalue weighted by Crippen LogP contribution is -3.00. The van der Waals surface area contributed by atoms with Crippen LogP contribution >= 0.6 is 7.26 Å². The molecule has 4 aromatic carbocycles. The first kappa shape index (κ1) is 23.3. The molecule has 0 saturated heterocycles. The van der Waals surface area contributed by atoms with Gasteiger partial charge in [-0.05, 0) is 68.1 Å². The zero-order valence-corrected chi connectivity index (χ0v) is 20.4. The van der Waals surface area contributed by atoms with E-state index in [2.05, 4.69) is 125 Å². The van der Waals surface area contributed by atoms with Crippen molar-refractivity contribution in [1.82, 2.24) is 0 Å². The monoisotopic (exact) mass is 444 g/mol. The maximum absolute atomic E-state index is 2.37. The molecular weight excluding hydrogens is 415 g/mol. The summed E-state index contributed by atoms with van der Waals surface area (Å²) in [6, 6.07) is 36.2. The van der Waals surface area contributed by atoms with Gasteiger partial charge in [0.25, 0.3) is 0 Å². The minimum Gasteiger partial charge on any atom is -1.00 e. The van der Waals surface area contributed by atoms with Gasteiger partial charge in [0, 0.05) is 0 Å². The predicted molar refractivity (Wildman–Crippen MR) is 134 cm³/mol. The highest BCUT2D eigenvalue weighted by molar-refractivity contribution is 7.95. The molecule has 4 rings (SSSR count). The second-order valence-electron chi connectivity index (χ2n) is 8.31. The average Bonchev–Trinajstić information content (AvgIpc) is 2.75. The molecule has 0 N–H and O–H groups in total. The van der Waals surface area contributed by atoms with Crippen LogP contribution < -0.4 is 28.3 Å². The van der Waals surface area contributed by atoms with Crippen molar-refractivity contribution in [1.29, 1.82) is 0 Å². The number of hydrogen-bond donors (Lipinski definition) is 0. The molecule has 0 aliphatic heterocycles. The lowest BCUT2D eigenvalue weighted by molar-refractivity contribution is -0.00000618. The van der Waals surface area contributed by atoms with E-state index in [1.807, 2.05) is 0 Å². The molecule has 31 heavy (non-hydrogen) atoms. The molecule has 2 heteroatoms. The first-order valence-corrected chi connectivity index (χ1v) is 12.6. The summed E-state index contributed by atoms with van der Waals surface area (Å²) in [5.74, 6) is 0. The van der Waals surface area contributed by atoms with E-state index in [4.69, 9.17) is 0 Å². The Morgan fingerprint density at radius 2 is 0.839 bits per heavy atom. The summed E-state index contributed by atoms with van der Waals surface area (Å²) in [6.07, 6.45) is 1.04. The molecule has 0 atom stereocenters. The van der Waals surface area contributed by atoms with Gasteiger partial charge in [-0.1, -0.05) is 84.4 Å². The SMILES string of the molecule is Cc1ccc(C[P+](c2ccccc2C)(c2ccccc2C)c2ccccc2C)cc1.[Cl-]. The Balaban J connectivity index is 0.00000272. The summed E-state index contributed by atoms with van der Waals surface area (Å²) in [6.45, 7) is 8.98. The minimum absolute atomic E-state index is 0. The molecule has 0 aliphatic rings. The summed E-state index contributed by atoms with van der Waals surface area (Å²) in [4.78, 5) is 0. The molecule has 0 spiro atoms. The number of rotatable bonds is 5. The second-order valence-corrected chi connectivity index (χ2v) is 11.7. The van der Waals surface area contributed by atoms with Crippen LogP contribution in [0.15, 0.2) is 97.1 Å². The smallest absolute Gasteiger partial charge is 0.117 e. The van der Waals surface area contributed by atoms with Crippen LogP contribution in [-0.4, -0.2) is 0 Å². The van der Waals surface area contributed by atoms with Crippen molar-refractivity contribution in [3.05, 3.63) is 125 Å². The fourth-order valence-electron chi connectivity index (χ4n) is 4.59. The Kier molecular flexibility index (Phi) is 7.37. The van der Waals surface area contributed by atoms with E-state index >= 15 is 0 Å². The lowest BCUT2D eigenvalue weighted by Gasteiger charge is -2.31. The number of aryl methyl sites for hydroxylation is 4. The maximum atomic E-state index is 2.37. The van der Waals surface area contributed by atoms with E-state index in [9.17, 15) is 0 Å². The van der Waals surface area contributed by atoms with Gasteiger partial charge in [-0.15, -0.1) is 0 Å². The standard InChI is InChI=1S/C29H30P.ClH/c1-22-17-19-26(20-18-22)21-30(27-14-8-5-11-23(27)2,28-15-9-6-12-24(28)3)29-16-10-7-13-25(29)4;/h5-20H,21H2,1-4H3;1H/q+1;/p-1. The van der Waals surface area contributed by atoms with Gasteiger partial charge >= 0.3 is 0 Å². The Bertz CT molecular complexity index is 1050. The van der Waals surface area contributed by atoms with Gasteiger partial charge in [-0.25, -0.2) is 0 Å².